The maximum atomic E-state index is 12.1. The van der Waals surface area contributed by atoms with Gasteiger partial charge >= 0.3 is 0 Å². The lowest BCUT2D eigenvalue weighted by molar-refractivity contribution is -0.123. The van der Waals surface area contributed by atoms with E-state index in [2.05, 4.69) is 15.8 Å². The molecule has 0 fully saturated rings. The van der Waals surface area contributed by atoms with Crippen molar-refractivity contribution in [3.8, 4) is 17.2 Å². The summed E-state index contributed by atoms with van der Waals surface area (Å²) in [6.45, 7) is 1.81. The smallest absolute Gasteiger partial charge is 0.277 e. The fourth-order valence-electron chi connectivity index (χ4n) is 2.64. The average Bonchev–Trinajstić information content (AvgIpc) is 2.76. The number of hydrogen-bond acceptors (Lipinski definition) is 6. The molecule has 0 spiro atoms. The first-order chi connectivity index (χ1) is 15.3. The Hall–Kier alpha value is -2.97. The SMILES string of the molecule is COc1ccc(CCNC(=O)C/C(C)=N\NC(=O)COc2ccc(Cl)cc2Cl)cc1OC. The molecular formula is C22H25Cl2N3O5. The Kier molecular flexibility index (Phi) is 10.1. The minimum atomic E-state index is -0.482. The van der Waals surface area contributed by atoms with Gasteiger partial charge in [-0.05, 0) is 49.2 Å². The van der Waals surface area contributed by atoms with E-state index in [4.69, 9.17) is 37.4 Å². The summed E-state index contributed by atoms with van der Waals surface area (Å²) in [7, 11) is 3.15. The van der Waals surface area contributed by atoms with Crippen LogP contribution in [-0.2, 0) is 16.0 Å². The zero-order valence-electron chi connectivity index (χ0n) is 18.0. The molecule has 0 aromatic heterocycles. The molecule has 0 bridgehead atoms. The molecule has 2 aromatic carbocycles. The van der Waals surface area contributed by atoms with Crippen LogP contribution >= 0.6 is 23.2 Å². The zero-order chi connectivity index (χ0) is 23.5. The molecule has 2 rings (SSSR count). The van der Waals surface area contributed by atoms with E-state index in [1.54, 1.807) is 33.3 Å². The van der Waals surface area contributed by atoms with Gasteiger partial charge in [0, 0.05) is 17.3 Å². The second kappa shape index (κ2) is 12.8. The maximum Gasteiger partial charge on any atom is 0.277 e. The Morgan fingerprint density at radius 1 is 0.969 bits per heavy atom. The van der Waals surface area contributed by atoms with Gasteiger partial charge in [-0.1, -0.05) is 29.3 Å². The molecule has 0 radical (unpaired) electrons. The van der Waals surface area contributed by atoms with Crippen molar-refractivity contribution < 1.29 is 23.8 Å². The number of nitrogens with one attached hydrogen (secondary N) is 2. The molecule has 2 amide bonds. The van der Waals surface area contributed by atoms with E-state index >= 15 is 0 Å². The normalized spacial score (nSPS) is 11.0. The highest BCUT2D eigenvalue weighted by Gasteiger charge is 2.09. The third-order valence-corrected chi connectivity index (χ3v) is 4.75. The number of halogens is 2. The van der Waals surface area contributed by atoms with Crippen LogP contribution in [0, 0.1) is 0 Å². The van der Waals surface area contributed by atoms with E-state index in [0.29, 0.717) is 46.0 Å². The lowest BCUT2D eigenvalue weighted by Crippen LogP contribution is -2.29. The summed E-state index contributed by atoms with van der Waals surface area (Å²) in [4.78, 5) is 24.0. The van der Waals surface area contributed by atoms with Crippen molar-refractivity contribution in [1.29, 1.82) is 0 Å². The van der Waals surface area contributed by atoms with Gasteiger partial charge in [0.1, 0.15) is 5.75 Å². The van der Waals surface area contributed by atoms with Crippen LogP contribution < -0.4 is 25.0 Å². The maximum absolute atomic E-state index is 12.1. The Labute approximate surface area is 196 Å². The summed E-state index contributed by atoms with van der Waals surface area (Å²) in [6.07, 6.45) is 0.680. The van der Waals surface area contributed by atoms with E-state index in [0.717, 1.165) is 5.56 Å². The molecule has 2 aromatic rings. The molecule has 32 heavy (non-hydrogen) atoms. The minimum absolute atomic E-state index is 0.0517. The fraction of sp³-hybridized carbons (Fsp3) is 0.318. The Balaban J connectivity index is 1.71. The van der Waals surface area contributed by atoms with E-state index in [-0.39, 0.29) is 18.9 Å². The van der Waals surface area contributed by atoms with Crippen LogP contribution in [0.5, 0.6) is 17.2 Å². The largest absolute Gasteiger partial charge is 0.493 e. The van der Waals surface area contributed by atoms with Gasteiger partial charge in [-0.25, -0.2) is 5.43 Å². The van der Waals surface area contributed by atoms with Gasteiger partial charge in [0.25, 0.3) is 5.91 Å². The van der Waals surface area contributed by atoms with Gasteiger partial charge < -0.3 is 19.5 Å². The highest BCUT2D eigenvalue weighted by atomic mass is 35.5. The van der Waals surface area contributed by atoms with Gasteiger partial charge in [0.2, 0.25) is 5.91 Å². The third kappa shape index (κ3) is 8.28. The van der Waals surface area contributed by atoms with Gasteiger partial charge in [-0.15, -0.1) is 0 Å². The summed E-state index contributed by atoms with van der Waals surface area (Å²) in [5.41, 5.74) is 3.80. The first kappa shape index (κ1) is 25.3. The standard InChI is InChI=1S/C22H25Cl2N3O5/c1-14(26-27-22(29)13-32-18-7-5-16(23)12-17(18)24)10-21(28)25-9-8-15-4-6-19(30-2)20(11-15)31-3/h4-7,11-12H,8-10,13H2,1-3H3,(H,25,28)(H,27,29)/b26-14-. The van der Waals surface area contributed by atoms with Crippen molar-refractivity contribution >= 4 is 40.7 Å². The number of carbonyl (C=O) groups is 2. The van der Waals surface area contributed by atoms with Crippen LogP contribution in [0.15, 0.2) is 41.5 Å². The second-order valence-electron chi connectivity index (χ2n) is 6.71. The minimum Gasteiger partial charge on any atom is -0.493 e. The second-order valence-corrected chi connectivity index (χ2v) is 7.56. The Morgan fingerprint density at radius 3 is 2.38 bits per heavy atom. The van der Waals surface area contributed by atoms with Crippen LogP contribution in [0.3, 0.4) is 0 Å². The fourth-order valence-corrected chi connectivity index (χ4v) is 3.11. The number of nitrogens with zero attached hydrogens (tertiary/aromatic N) is 1. The molecule has 10 heteroatoms. The van der Waals surface area contributed by atoms with Crippen molar-refractivity contribution in [1.82, 2.24) is 10.7 Å². The molecule has 0 heterocycles. The highest BCUT2D eigenvalue weighted by Crippen LogP contribution is 2.28. The number of ether oxygens (including phenoxy) is 3. The molecule has 0 atom stereocenters. The van der Waals surface area contributed by atoms with Gasteiger partial charge in [-0.2, -0.15) is 5.10 Å². The summed E-state index contributed by atoms with van der Waals surface area (Å²) in [5.74, 6) is 0.934. The highest BCUT2D eigenvalue weighted by molar-refractivity contribution is 6.35. The predicted octanol–water partition coefficient (Wildman–Crippen LogP) is 3.63. The van der Waals surface area contributed by atoms with Crippen LogP contribution in [0.2, 0.25) is 10.0 Å². The van der Waals surface area contributed by atoms with Crippen LogP contribution in [0.4, 0.5) is 0 Å². The zero-order valence-corrected chi connectivity index (χ0v) is 19.5. The lowest BCUT2D eigenvalue weighted by Gasteiger charge is -2.10. The van der Waals surface area contributed by atoms with E-state index < -0.39 is 5.91 Å². The quantitative estimate of drug-likeness (QED) is 0.377. The summed E-state index contributed by atoms with van der Waals surface area (Å²) in [5, 5.41) is 7.50. The van der Waals surface area contributed by atoms with Crippen molar-refractivity contribution in [2.45, 2.75) is 19.8 Å². The number of benzene rings is 2. The predicted molar refractivity (Wildman–Crippen MR) is 124 cm³/mol. The van der Waals surface area contributed by atoms with Crippen LogP contribution in [-0.4, -0.2) is 44.9 Å². The number of amides is 2. The van der Waals surface area contributed by atoms with E-state index in [1.807, 2.05) is 18.2 Å². The van der Waals surface area contributed by atoms with Crippen molar-refractivity contribution in [2.75, 3.05) is 27.4 Å². The number of carbonyl (C=O) groups excluding carboxylic acids is 2. The Morgan fingerprint density at radius 2 is 1.69 bits per heavy atom. The van der Waals surface area contributed by atoms with E-state index in [9.17, 15) is 9.59 Å². The molecule has 0 aliphatic rings. The van der Waals surface area contributed by atoms with Crippen molar-refractivity contribution in [3.63, 3.8) is 0 Å². The summed E-state index contributed by atoms with van der Waals surface area (Å²) >= 11 is 11.8. The molecule has 0 unspecified atom stereocenters. The first-order valence-corrected chi connectivity index (χ1v) is 10.5. The molecule has 0 aliphatic heterocycles. The van der Waals surface area contributed by atoms with Gasteiger partial charge in [0.05, 0.1) is 25.7 Å². The molecular weight excluding hydrogens is 457 g/mol. The number of methoxy groups -OCH3 is 2. The van der Waals surface area contributed by atoms with Gasteiger partial charge in [0.15, 0.2) is 18.1 Å². The van der Waals surface area contributed by atoms with Crippen LogP contribution in [0.1, 0.15) is 18.9 Å². The van der Waals surface area contributed by atoms with Crippen LogP contribution in [0.25, 0.3) is 0 Å². The average molecular weight is 482 g/mol. The Bertz CT molecular complexity index is 982. The summed E-state index contributed by atoms with van der Waals surface area (Å²) < 4.78 is 15.8. The molecule has 0 saturated carbocycles. The van der Waals surface area contributed by atoms with Gasteiger partial charge in [-0.3, -0.25) is 9.59 Å². The number of hydrogen-bond donors (Lipinski definition) is 2. The first-order valence-electron chi connectivity index (χ1n) is 9.69. The lowest BCUT2D eigenvalue weighted by atomic mass is 10.1. The van der Waals surface area contributed by atoms with Crippen molar-refractivity contribution in [2.24, 2.45) is 5.10 Å². The topological polar surface area (TPSA) is 98.2 Å². The summed E-state index contributed by atoms with van der Waals surface area (Å²) in [6, 6.07) is 10.3. The molecule has 0 saturated heterocycles. The molecule has 8 nitrogen and oxygen atoms in total. The molecule has 2 N–H and O–H groups in total. The number of rotatable bonds is 11. The monoisotopic (exact) mass is 481 g/mol. The molecule has 0 aliphatic carbocycles. The number of hydrazone groups is 1. The van der Waals surface area contributed by atoms with E-state index in [1.165, 1.54) is 6.07 Å². The van der Waals surface area contributed by atoms with Crippen molar-refractivity contribution in [3.05, 3.63) is 52.0 Å². The molecule has 172 valence electrons. The third-order valence-electron chi connectivity index (χ3n) is 4.22.